The largest absolute Gasteiger partial charge is 0.462 e. The Bertz CT molecular complexity index is 985. The van der Waals surface area contributed by atoms with Crippen LogP contribution in [0.5, 0.6) is 0 Å². The fourth-order valence-corrected chi connectivity index (χ4v) is 4.40. The van der Waals surface area contributed by atoms with Crippen molar-refractivity contribution in [2.75, 3.05) is 29.9 Å². The van der Waals surface area contributed by atoms with Crippen molar-refractivity contribution in [3.05, 3.63) is 59.1 Å². The molecule has 168 valence electrons. The highest BCUT2D eigenvalue weighted by atomic mass is 35.5. The van der Waals surface area contributed by atoms with Gasteiger partial charge in [0, 0.05) is 29.8 Å². The summed E-state index contributed by atoms with van der Waals surface area (Å²) < 4.78 is 4.98. The van der Waals surface area contributed by atoms with E-state index in [0.29, 0.717) is 22.3 Å². The standard InChI is InChI=1S/C24H26ClN3O4/c1-2-32-24(31)16-3-9-20(10-4-16)28-22(29)15-21(23(28)30)27-13-11-19(12-14-27)26-18-7-5-17(25)6-8-18/h3-10,19,21,26H,2,11-15H2,1H3/t21-/m0/s1. The smallest absolute Gasteiger partial charge is 0.338 e. The van der Waals surface area contributed by atoms with Crippen molar-refractivity contribution >= 4 is 40.8 Å². The van der Waals surface area contributed by atoms with Crippen LogP contribution in [-0.4, -0.2) is 54.5 Å². The van der Waals surface area contributed by atoms with Gasteiger partial charge in [-0.25, -0.2) is 9.69 Å². The number of ether oxygens (including phenoxy) is 1. The summed E-state index contributed by atoms with van der Waals surface area (Å²) in [4.78, 5) is 40.9. The number of rotatable bonds is 6. The number of carbonyl (C=O) groups excluding carboxylic acids is 3. The number of piperidine rings is 1. The van der Waals surface area contributed by atoms with Gasteiger partial charge >= 0.3 is 5.97 Å². The van der Waals surface area contributed by atoms with Crippen LogP contribution in [0.3, 0.4) is 0 Å². The molecule has 1 N–H and O–H groups in total. The van der Waals surface area contributed by atoms with Gasteiger partial charge in [-0.2, -0.15) is 0 Å². The number of hydrogen-bond acceptors (Lipinski definition) is 6. The molecular formula is C24H26ClN3O4. The molecule has 0 unspecified atom stereocenters. The molecule has 2 aliphatic rings. The lowest BCUT2D eigenvalue weighted by Crippen LogP contribution is -2.48. The van der Waals surface area contributed by atoms with Gasteiger partial charge in [0.05, 0.1) is 30.3 Å². The highest BCUT2D eigenvalue weighted by Gasteiger charge is 2.43. The molecule has 2 aliphatic heterocycles. The first kappa shape index (κ1) is 22.3. The third kappa shape index (κ3) is 4.79. The minimum atomic E-state index is -0.441. The highest BCUT2D eigenvalue weighted by Crippen LogP contribution is 2.28. The molecule has 0 radical (unpaired) electrons. The fraction of sp³-hybridized carbons (Fsp3) is 0.375. The van der Waals surface area contributed by atoms with E-state index >= 15 is 0 Å². The molecule has 1 atom stereocenters. The summed E-state index contributed by atoms with van der Waals surface area (Å²) in [6, 6.07) is 13.9. The third-order valence-corrected chi connectivity index (χ3v) is 6.20. The van der Waals surface area contributed by atoms with Gasteiger partial charge in [0.1, 0.15) is 0 Å². The van der Waals surface area contributed by atoms with E-state index in [1.165, 1.54) is 4.90 Å². The highest BCUT2D eigenvalue weighted by molar-refractivity contribution is 6.30. The second-order valence-electron chi connectivity index (χ2n) is 8.02. The first-order valence-electron chi connectivity index (χ1n) is 10.9. The molecule has 4 rings (SSSR count). The summed E-state index contributed by atoms with van der Waals surface area (Å²) in [7, 11) is 0. The number of esters is 1. The zero-order chi connectivity index (χ0) is 22.7. The molecule has 2 amide bonds. The van der Waals surface area contributed by atoms with E-state index in [1.807, 2.05) is 24.3 Å². The van der Waals surface area contributed by atoms with Crippen molar-refractivity contribution < 1.29 is 19.1 Å². The first-order chi connectivity index (χ1) is 15.5. The number of imide groups is 1. The van der Waals surface area contributed by atoms with Crippen molar-refractivity contribution in [1.82, 2.24) is 4.90 Å². The number of amides is 2. The zero-order valence-corrected chi connectivity index (χ0v) is 18.7. The number of nitrogens with zero attached hydrogens (tertiary/aromatic N) is 2. The topological polar surface area (TPSA) is 79.0 Å². The molecule has 8 heteroatoms. The van der Waals surface area contributed by atoms with Gasteiger partial charge < -0.3 is 10.1 Å². The molecule has 2 aromatic carbocycles. The Hall–Kier alpha value is -2.90. The van der Waals surface area contributed by atoms with Crippen LogP contribution in [0.15, 0.2) is 48.5 Å². The SMILES string of the molecule is CCOC(=O)c1ccc(N2C(=O)C[C@H](N3CCC(Nc4ccc(Cl)cc4)CC3)C2=O)cc1. The number of carbonyl (C=O) groups is 3. The van der Waals surface area contributed by atoms with Crippen LogP contribution in [0.2, 0.25) is 5.02 Å². The van der Waals surface area contributed by atoms with Gasteiger partial charge in [-0.3, -0.25) is 14.5 Å². The average molecular weight is 456 g/mol. The Kier molecular flexibility index (Phi) is 6.77. The Labute approximate surface area is 192 Å². The quantitative estimate of drug-likeness (QED) is 0.528. The molecule has 0 saturated carbocycles. The molecular weight excluding hydrogens is 430 g/mol. The van der Waals surface area contributed by atoms with Crippen LogP contribution in [0.4, 0.5) is 11.4 Å². The second-order valence-corrected chi connectivity index (χ2v) is 8.45. The molecule has 2 saturated heterocycles. The number of likely N-dealkylation sites (tertiary alicyclic amines) is 1. The monoisotopic (exact) mass is 455 g/mol. The summed E-state index contributed by atoms with van der Waals surface area (Å²) >= 11 is 5.94. The predicted molar refractivity (Wildman–Crippen MR) is 123 cm³/mol. The van der Waals surface area contributed by atoms with Gasteiger partial charge in [0.25, 0.3) is 5.91 Å². The molecule has 2 aromatic rings. The van der Waals surface area contributed by atoms with Gasteiger partial charge in [-0.05, 0) is 68.3 Å². The summed E-state index contributed by atoms with van der Waals surface area (Å²) in [5.41, 5.74) is 1.90. The van der Waals surface area contributed by atoms with Crippen LogP contribution >= 0.6 is 11.6 Å². The number of nitrogens with one attached hydrogen (secondary N) is 1. The first-order valence-corrected chi connectivity index (χ1v) is 11.2. The van der Waals surface area contributed by atoms with Crippen LogP contribution in [0, 0.1) is 0 Å². The summed E-state index contributed by atoms with van der Waals surface area (Å²) in [5.74, 6) is -0.848. The average Bonchev–Trinajstić information content (AvgIpc) is 3.10. The fourth-order valence-electron chi connectivity index (χ4n) is 4.27. The second kappa shape index (κ2) is 9.71. The van der Waals surface area contributed by atoms with Gasteiger partial charge in [-0.1, -0.05) is 11.6 Å². The van der Waals surface area contributed by atoms with Gasteiger partial charge in [0.15, 0.2) is 0 Å². The zero-order valence-electron chi connectivity index (χ0n) is 17.9. The van der Waals surface area contributed by atoms with Gasteiger partial charge in [0.2, 0.25) is 5.91 Å². The molecule has 0 bridgehead atoms. The Morgan fingerprint density at radius 1 is 1.06 bits per heavy atom. The third-order valence-electron chi connectivity index (χ3n) is 5.94. The summed E-state index contributed by atoms with van der Waals surface area (Å²) in [6.45, 7) is 3.51. The van der Waals surface area contributed by atoms with E-state index in [-0.39, 0.29) is 24.8 Å². The number of halogens is 1. The lowest BCUT2D eigenvalue weighted by atomic mass is 10.0. The van der Waals surface area contributed by atoms with E-state index in [0.717, 1.165) is 31.6 Å². The van der Waals surface area contributed by atoms with Crippen LogP contribution in [0.1, 0.15) is 36.5 Å². The normalized spacial score (nSPS) is 19.9. The van der Waals surface area contributed by atoms with Crippen molar-refractivity contribution in [3.63, 3.8) is 0 Å². The van der Waals surface area contributed by atoms with Crippen LogP contribution in [-0.2, 0) is 14.3 Å². The molecule has 0 spiro atoms. The maximum Gasteiger partial charge on any atom is 0.338 e. The van der Waals surface area contributed by atoms with Crippen molar-refractivity contribution in [2.24, 2.45) is 0 Å². The Morgan fingerprint density at radius 3 is 2.34 bits per heavy atom. The number of benzene rings is 2. The Morgan fingerprint density at radius 2 is 1.72 bits per heavy atom. The maximum atomic E-state index is 13.1. The van der Waals surface area contributed by atoms with E-state index in [1.54, 1.807) is 31.2 Å². The number of anilines is 2. The summed E-state index contributed by atoms with van der Waals surface area (Å²) in [5, 5.41) is 4.22. The minimum Gasteiger partial charge on any atom is -0.462 e. The lowest BCUT2D eigenvalue weighted by molar-refractivity contribution is -0.123. The van der Waals surface area contributed by atoms with Gasteiger partial charge in [-0.15, -0.1) is 0 Å². The summed E-state index contributed by atoms with van der Waals surface area (Å²) in [6.07, 6.45) is 1.94. The van der Waals surface area contributed by atoms with Crippen molar-refractivity contribution in [1.29, 1.82) is 0 Å². The van der Waals surface area contributed by atoms with E-state index < -0.39 is 12.0 Å². The molecule has 0 aliphatic carbocycles. The van der Waals surface area contributed by atoms with Crippen molar-refractivity contribution in [2.45, 2.75) is 38.3 Å². The maximum absolute atomic E-state index is 13.1. The molecule has 32 heavy (non-hydrogen) atoms. The molecule has 7 nitrogen and oxygen atoms in total. The van der Waals surface area contributed by atoms with Crippen LogP contribution < -0.4 is 10.2 Å². The molecule has 2 fully saturated rings. The van der Waals surface area contributed by atoms with Crippen LogP contribution in [0.25, 0.3) is 0 Å². The molecule has 2 heterocycles. The van der Waals surface area contributed by atoms with E-state index in [9.17, 15) is 14.4 Å². The lowest BCUT2D eigenvalue weighted by Gasteiger charge is -2.35. The number of hydrogen-bond donors (Lipinski definition) is 1. The van der Waals surface area contributed by atoms with E-state index in [2.05, 4.69) is 10.2 Å². The van der Waals surface area contributed by atoms with E-state index in [4.69, 9.17) is 16.3 Å². The Balaban J connectivity index is 1.36. The predicted octanol–water partition coefficient (Wildman–Crippen LogP) is 3.73. The minimum absolute atomic E-state index is 0.174. The van der Waals surface area contributed by atoms with Crippen molar-refractivity contribution in [3.8, 4) is 0 Å². The molecule has 0 aromatic heterocycles.